The van der Waals surface area contributed by atoms with Gasteiger partial charge in [0.25, 0.3) is 0 Å². The summed E-state index contributed by atoms with van der Waals surface area (Å²) < 4.78 is 1.72. The predicted molar refractivity (Wildman–Crippen MR) is 77.1 cm³/mol. The van der Waals surface area contributed by atoms with Gasteiger partial charge in [0, 0.05) is 12.6 Å². The fourth-order valence-corrected chi connectivity index (χ4v) is 2.78. The van der Waals surface area contributed by atoms with E-state index in [1.165, 1.54) is 38.4 Å². The van der Waals surface area contributed by atoms with Crippen LogP contribution in [0.5, 0.6) is 0 Å². The van der Waals surface area contributed by atoms with Crippen LogP contribution in [-0.4, -0.2) is 51.2 Å². The Morgan fingerprint density at radius 2 is 2.20 bits per heavy atom. The van der Waals surface area contributed by atoms with E-state index >= 15 is 0 Å². The van der Waals surface area contributed by atoms with Crippen LogP contribution in [0.4, 0.5) is 0 Å². The highest BCUT2D eigenvalue weighted by molar-refractivity contribution is 5.81. The molecule has 1 fully saturated rings. The van der Waals surface area contributed by atoms with Gasteiger partial charge >= 0.3 is 0 Å². The Labute approximate surface area is 120 Å². The van der Waals surface area contributed by atoms with Crippen LogP contribution < -0.4 is 5.32 Å². The molecule has 1 unspecified atom stereocenters. The van der Waals surface area contributed by atoms with Crippen LogP contribution >= 0.6 is 0 Å². The lowest BCUT2D eigenvalue weighted by Gasteiger charge is -2.34. The van der Waals surface area contributed by atoms with Crippen LogP contribution in [0.2, 0.25) is 0 Å². The molecule has 1 aromatic heterocycles. The number of rotatable bonds is 6. The second-order valence-electron chi connectivity index (χ2n) is 5.58. The first-order valence-corrected chi connectivity index (χ1v) is 7.50. The zero-order valence-corrected chi connectivity index (χ0v) is 12.5. The molecule has 1 atom stereocenters. The largest absolute Gasteiger partial charge is 0.353 e. The van der Waals surface area contributed by atoms with Crippen LogP contribution in [0.25, 0.3) is 0 Å². The topological polar surface area (TPSA) is 63.1 Å². The number of aromatic nitrogens is 3. The Morgan fingerprint density at radius 1 is 1.45 bits per heavy atom. The molecule has 0 saturated heterocycles. The van der Waals surface area contributed by atoms with E-state index in [1.54, 1.807) is 11.0 Å². The molecule has 1 N–H and O–H groups in total. The molecule has 0 bridgehead atoms. The third-order valence-corrected chi connectivity index (χ3v) is 4.25. The van der Waals surface area contributed by atoms with Crippen LogP contribution in [0.15, 0.2) is 12.7 Å². The molecular weight excluding hydrogens is 254 g/mol. The van der Waals surface area contributed by atoms with E-state index in [1.807, 2.05) is 6.92 Å². The van der Waals surface area contributed by atoms with Crippen LogP contribution in [0.3, 0.4) is 0 Å². The maximum Gasteiger partial charge on any atom is 0.237 e. The number of likely N-dealkylation sites (N-methyl/N-ethyl adjacent to an activating group) is 1. The fraction of sp³-hybridized carbons (Fsp3) is 0.786. The van der Waals surface area contributed by atoms with Crippen LogP contribution in [0, 0.1) is 0 Å². The average molecular weight is 279 g/mol. The molecule has 20 heavy (non-hydrogen) atoms. The molecule has 112 valence electrons. The van der Waals surface area contributed by atoms with Gasteiger partial charge in [0.1, 0.15) is 12.7 Å². The molecule has 2 rings (SSSR count). The average Bonchev–Trinajstić information content (AvgIpc) is 2.99. The first kappa shape index (κ1) is 15.0. The van der Waals surface area contributed by atoms with E-state index in [2.05, 4.69) is 27.3 Å². The van der Waals surface area contributed by atoms with Gasteiger partial charge < -0.3 is 5.32 Å². The van der Waals surface area contributed by atoms with Crippen molar-refractivity contribution in [1.29, 1.82) is 0 Å². The third kappa shape index (κ3) is 4.03. The highest BCUT2D eigenvalue weighted by Gasteiger charge is 2.25. The molecule has 1 amide bonds. The molecular formula is C14H25N5O. The lowest BCUT2D eigenvalue weighted by Crippen LogP contribution is -2.48. The summed E-state index contributed by atoms with van der Waals surface area (Å²) >= 11 is 0. The van der Waals surface area contributed by atoms with Crippen molar-refractivity contribution in [3.8, 4) is 0 Å². The summed E-state index contributed by atoms with van der Waals surface area (Å²) in [6, 6.07) is 0.480. The standard InChI is InChI=1S/C14H25N5O/c1-12(18(2)13-6-4-3-5-7-13)14(20)16-8-9-19-11-15-10-17-19/h10-13H,3-9H2,1-2H3,(H,16,20). The molecule has 0 radical (unpaired) electrons. The molecule has 6 heteroatoms. The van der Waals surface area contributed by atoms with Crippen molar-refractivity contribution in [2.75, 3.05) is 13.6 Å². The number of amides is 1. The van der Waals surface area contributed by atoms with Crippen molar-refractivity contribution >= 4 is 5.91 Å². The van der Waals surface area contributed by atoms with Gasteiger partial charge in [-0.1, -0.05) is 19.3 Å². The van der Waals surface area contributed by atoms with Gasteiger partial charge in [-0.15, -0.1) is 0 Å². The lowest BCUT2D eigenvalue weighted by atomic mass is 9.93. The molecule has 6 nitrogen and oxygen atoms in total. The lowest BCUT2D eigenvalue weighted by molar-refractivity contribution is -0.126. The second kappa shape index (κ2) is 7.38. The Morgan fingerprint density at radius 3 is 2.85 bits per heavy atom. The van der Waals surface area contributed by atoms with Crippen LogP contribution in [0.1, 0.15) is 39.0 Å². The summed E-state index contributed by atoms with van der Waals surface area (Å²) in [5, 5.41) is 6.98. The molecule has 1 heterocycles. The summed E-state index contributed by atoms with van der Waals surface area (Å²) in [5.41, 5.74) is 0. The zero-order valence-electron chi connectivity index (χ0n) is 12.5. The number of carbonyl (C=O) groups is 1. The van der Waals surface area contributed by atoms with Crippen LogP contribution in [-0.2, 0) is 11.3 Å². The van der Waals surface area contributed by atoms with Crippen molar-refractivity contribution in [3.63, 3.8) is 0 Å². The van der Waals surface area contributed by atoms with Crippen molar-refractivity contribution in [1.82, 2.24) is 25.0 Å². The molecule has 0 aliphatic heterocycles. The number of nitrogens with zero attached hydrogens (tertiary/aromatic N) is 4. The van der Waals surface area contributed by atoms with Crippen molar-refractivity contribution < 1.29 is 4.79 Å². The van der Waals surface area contributed by atoms with Gasteiger partial charge in [0.05, 0.1) is 12.6 Å². The van der Waals surface area contributed by atoms with Gasteiger partial charge in [-0.2, -0.15) is 5.10 Å². The smallest absolute Gasteiger partial charge is 0.237 e. The fourth-order valence-electron chi connectivity index (χ4n) is 2.78. The van der Waals surface area contributed by atoms with E-state index in [-0.39, 0.29) is 11.9 Å². The van der Waals surface area contributed by atoms with E-state index in [0.717, 1.165) is 0 Å². The number of carbonyl (C=O) groups excluding carboxylic acids is 1. The first-order chi connectivity index (χ1) is 9.68. The minimum Gasteiger partial charge on any atom is -0.353 e. The van der Waals surface area contributed by atoms with Crippen molar-refractivity contribution in [2.45, 2.75) is 57.7 Å². The summed E-state index contributed by atoms with van der Waals surface area (Å²) in [6.45, 7) is 3.23. The number of nitrogens with one attached hydrogen (secondary N) is 1. The van der Waals surface area contributed by atoms with Gasteiger partial charge in [0.2, 0.25) is 5.91 Å². The first-order valence-electron chi connectivity index (χ1n) is 7.50. The summed E-state index contributed by atoms with van der Waals surface area (Å²) in [4.78, 5) is 18.3. The number of hydrogen-bond donors (Lipinski definition) is 1. The summed E-state index contributed by atoms with van der Waals surface area (Å²) in [6.07, 6.45) is 9.50. The van der Waals surface area contributed by atoms with Gasteiger partial charge in [-0.3, -0.25) is 14.4 Å². The summed E-state index contributed by atoms with van der Waals surface area (Å²) in [7, 11) is 2.07. The van der Waals surface area contributed by atoms with Crippen molar-refractivity contribution in [2.24, 2.45) is 0 Å². The molecule has 0 aromatic carbocycles. The minimum absolute atomic E-state index is 0.0751. The van der Waals surface area contributed by atoms with Gasteiger partial charge in [0.15, 0.2) is 0 Å². The van der Waals surface area contributed by atoms with Gasteiger partial charge in [-0.05, 0) is 26.8 Å². The predicted octanol–water partition coefficient (Wildman–Crippen LogP) is 1.05. The van der Waals surface area contributed by atoms with Gasteiger partial charge in [-0.25, -0.2) is 4.98 Å². The Hall–Kier alpha value is -1.43. The quantitative estimate of drug-likeness (QED) is 0.845. The Bertz CT molecular complexity index is 400. The highest BCUT2D eigenvalue weighted by Crippen LogP contribution is 2.22. The second-order valence-corrected chi connectivity index (χ2v) is 5.58. The summed E-state index contributed by atoms with van der Waals surface area (Å²) in [5.74, 6) is 0.0955. The Balaban J connectivity index is 1.72. The van der Waals surface area contributed by atoms with E-state index in [9.17, 15) is 4.79 Å². The number of hydrogen-bond acceptors (Lipinski definition) is 4. The third-order valence-electron chi connectivity index (χ3n) is 4.25. The van der Waals surface area contributed by atoms with E-state index in [0.29, 0.717) is 19.1 Å². The molecule has 1 aromatic rings. The SMILES string of the molecule is CC(C(=O)NCCn1cncn1)N(C)C1CCCCC1. The van der Waals surface area contributed by atoms with E-state index < -0.39 is 0 Å². The Kier molecular flexibility index (Phi) is 5.52. The normalized spacial score (nSPS) is 18.1. The highest BCUT2D eigenvalue weighted by atomic mass is 16.2. The minimum atomic E-state index is -0.0751. The molecule has 1 aliphatic rings. The van der Waals surface area contributed by atoms with E-state index in [4.69, 9.17) is 0 Å². The monoisotopic (exact) mass is 279 g/mol. The zero-order chi connectivity index (χ0) is 14.4. The van der Waals surface area contributed by atoms with Crippen molar-refractivity contribution in [3.05, 3.63) is 12.7 Å². The maximum atomic E-state index is 12.2. The molecule has 1 saturated carbocycles. The maximum absolute atomic E-state index is 12.2. The molecule has 1 aliphatic carbocycles. The molecule has 0 spiro atoms.